The fourth-order valence-corrected chi connectivity index (χ4v) is 8.90. The number of aliphatic imine (C=N–C) groups is 2. The van der Waals surface area contributed by atoms with Gasteiger partial charge in [0.25, 0.3) is 0 Å². The average molecular weight is 554 g/mol. The molecule has 7 nitrogen and oxygen atoms in total. The van der Waals surface area contributed by atoms with Crippen LogP contribution in [0.2, 0.25) is 0 Å². The number of allylic oxidation sites excluding steroid dienone is 3. The molecule has 2 heterocycles. The van der Waals surface area contributed by atoms with Crippen LogP contribution in [0, 0.1) is 46.8 Å². The van der Waals surface area contributed by atoms with E-state index in [0.29, 0.717) is 55.7 Å². The monoisotopic (exact) mass is 553 g/mol. The first-order valence-corrected chi connectivity index (χ1v) is 14.8. The molecule has 2 N–H and O–H groups in total. The number of hydrogen-bond acceptors (Lipinski definition) is 5. The molecular formula is C31H44ClN5O2. The van der Waals surface area contributed by atoms with Crippen LogP contribution in [0.15, 0.2) is 32.9 Å². The highest BCUT2D eigenvalue weighted by atomic mass is 35.5. The molecule has 212 valence electrons. The maximum Gasteiger partial charge on any atom is 0.226 e. The number of nitrogens with zero attached hydrogens (tertiary/aromatic N) is 3. The van der Waals surface area contributed by atoms with Crippen molar-refractivity contribution in [2.45, 2.75) is 78.6 Å². The number of fused-ring (bicyclic) bond motifs is 5. The number of piperidine rings is 1. The van der Waals surface area contributed by atoms with Gasteiger partial charge >= 0.3 is 0 Å². The van der Waals surface area contributed by atoms with E-state index in [2.05, 4.69) is 46.8 Å². The van der Waals surface area contributed by atoms with Crippen molar-refractivity contribution in [1.29, 1.82) is 0 Å². The zero-order chi connectivity index (χ0) is 28.2. The van der Waals surface area contributed by atoms with Crippen LogP contribution in [0.4, 0.5) is 0 Å². The lowest BCUT2D eigenvalue weighted by Gasteiger charge is -2.62. The van der Waals surface area contributed by atoms with Crippen LogP contribution in [0.5, 0.6) is 0 Å². The lowest BCUT2D eigenvalue weighted by atomic mass is 9.44. The van der Waals surface area contributed by atoms with Crippen molar-refractivity contribution in [3.63, 3.8) is 0 Å². The number of amides is 2. The van der Waals surface area contributed by atoms with Crippen LogP contribution in [0.25, 0.3) is 0 Å². The number of carbonyl (C=O) groups excluding carboxylic acids is 2. The molecule has 4 unspecified atom stereocenters. The first kappa shape index (κ1) is 29.4. The number of hydrogen-bond donors (Lipinski definition) is 2. The summed E-state index contributed by atoms with van der Waals surface area (Å²) in [6.07, 6.45) is 18.8. The fourth-order valence-electron chi connectivity index (χ4n) is 8.38. The Morgan fingerprint density at radius 3 is 2.82 bits per heavy atom. The van der Waals surface area contributed by atoms with E-state index in [1.807, 2.05) is 24.1 Å². The molecule has 39 heavy (non-hydrogen) atoms. The van der Waals surface area contributed by atoms with Gasteiger partial charge in [-0.15, -0.1) is 12.3 Å². The highest BCUT2D eigenvalue weighted by molar-refractivity contribution is 6.30. The molecule has 1 saturated heterocycles. The molecule has 6 atom stereocenters. The summed E-state index contributed by atoms with van der Waals surface area (Å²) in [5.41, 5.74) is 1.17. The van der Waals surface area contributed by atoms with E-state index in [1.54, 1.807) is 13.1 Å². The number of terminal acetylenes is 1. The minimum absolute atomic E-state index is 0.0330. The SMILES string of the molecule is C#CC.CN1C(=O)CC[C@@]2(C)C1=C(Cl)CC1C3CCCC(CC(=O)N/C4=N/C/N=C\C=C/CN4)[C@@]3(C)CCC12. The number of nitrogens with one attached hydrogen (secondary N) is 2. The van der Waals surface area contributed by atoms with Gasteiger partial charge in [0, 0.05) is 48.8 Å². The van der Waals surface area contributed by atoms with Gasteiger partial charge in [0.15, 0.2) is 5.96 Å². The van der Waals surface area contributed by atoms with Crippen molar-refractivity contribution in [2.75, 3.05) is 20.3 Å². The maximum atomic E-state index is 13.2. The fraction of sp³-hybridized carbons (Fsp3) is 0.677. The Bertz CT molecular complexity index is 1120. The first-order valence-electron chi connectivity index (χ1n) is 14.4. The second-order valence-electron chi connectivity index (χ2n) is 12.2. The van der Waals surface area contributed by atoms with Crippen molar-refractivity contribution < 1.29 is 9.59 Å². The second-order valence-corrected chi connectivity index (χ2v) is 12.7. The number of halogens is 1. The molecular weight excluding hydrogens is 510 g/mol. The predicted octanol–water partition coefficient (Wildman–Crippen LogP) is 5.24. The molecule has 5 rings (SSSR count). The van der Waals surface area contributed by atoms with Crippen molar-refractivity contribution in [2.24, 2.45) is 44.5 Å². The van der Waals surface area contributed by atoms with E-state index in [1.165, 1.54) is 6.42 Å². The number of carbonyl (C=O) groups is 2. The molecule has 0 radical (unpaired) electrons. The third-order valence-electron chi connectivity index (χ3n) is 10.2. The second kappa shape index (κ2) is 12.3. The summed E-state index contributed by atoms with van der Waals surface area (Å²) in [6.45, 7) is 7.35. The molecule has 0 spiro atoms. The van der Waals surface area contributed by atoms with Gasteiger partial charge in [-0.3, -0.25) is 19.9 Å². The zero-order valence-electron chi connectivity index (χ0n) is 23.9. The summed E-state index contributed by atoms with van der Waals surface area (Å²) in [4.78, 5) is 36.1. The zero-order valence-corrected chi connectivity index (χ0v) is 24.7. The first-order chi connectivity index (χ1) is 18.7. The minimum Gasteiger partial charge on any atom is -0.353 e. The van der Waals surface area contributed by atoms with E-state index in [0.717, 1.165) is 49.3 Å². The van der Waals surface area contributed by atoms with E-state index in [9.17, 15) is 9.59 Å². The molecule has 0 bridgehead atoms. The minimum atomic E-state index is -0.0357. The lowest BCUT2D eigenvalue weighted by Crippen LogP contribution is -2.56. The lowest BCUT2D eigenvalue weighted by molar-refractivity contribution is -0.139. The molecule has 3 aliphatic carbocycles. The normalized spacial score (nSPS) is 38.7. The Labute approximate surface area is 239 Å². The Hall–Kier alpha value is -2.59. The largest absolute Gasteiger partial charge is 0.353 e. The number of rotatable bonds is 2. The molecule has 8 heteroatoms. The van der Waals surface area contributed by atoms with E-state index < -0.39 is 0 Å². The Morgan fingerprint density at radius 2 is 2.05 bits per heavy atom. The van der Waals surface area contributed by atoms with E-state index in [4.69, 9.17) is 11.6 Å². The molecule has 0 aromatic heterocycles. The smallest absolute Gasteiger partial charge is 0.226 e. The summed E-state index contributed by atoms with van der Waals surface area (Å²) in [5.74, 6) is 4.93. The summed E-state index contributed by atoms with van der Waals surface area (Å²) >= 11 is 6.99. The molecule has 2 amide bonds. The third kappa shape index (κ3) is 5.82. The summed E-state index contributed by atoms with van der Waals surface area (Å²) in [5, 5.41) is 7.08. The van der Waals surface area contributed by atoms with Crippen LogP contribution in [0.3, 0.4) is 0 Å². The molecule has 5 aliphatic rings. The predicted molar refractivity (Wildman–Crippen MR) is 158 cm³/mol. The van der Waals surface area contributed by atoms with Crippen LogP contribution in [0.1, 0.15) is 78.6 Å². The van der Waals surface area contributed by atoms with Crippen molar-refractivity contribution >= 4 is 35.6 Å². The van der Waals surface area contributed by atoms with Crippen molar-refractivity contribution in [1.82, 2.24) is 15.5 Å². The van der Waals surface area contributed by atoms with Crippen LogP contribution in [-0.4, -0.2) is 49.1 Å². The Kier molecular flexibility index (Phi) is 9.26. The topological polar surface area (TPSA) is 86.2 Å². The van der Waals surface area contributed by atoms with Crippen LogP contribution in [-0.2, 0) is 9.59 Å². The summed E-state index contributed by atoms with van der Waals surface area (Å²) in [6, 6.07) is 0. The quantitative estimate of drug-likeness (QED) is 0.459. The van der Waals surface area contributed by atoms with E-state index >= 15 is 0 Å². The molecule has 2 aliphatic heterocycles. The van der Waals surface area contributed by atoms with Crippen molar-refractivity contribution in [3.8, 4) is 12.3 Å². The maximum absolute atomic E-state index is 13.2. The molecule has 0 aromatic carbocycles. The Balaban J connectivity index is 0.00000112. The Morgan fingerprint density at radius 1 is 1.28 bits per heavy atom. The number of guanidine groups is 1. The van der Waals surface area contributed by atoms with Crippen LogP contribution < -0.4 is 10.6 Å². The average Bonchev–Trinajstić information content (AvgIpc) is 3.01. The van der Waals surface area contributed by atoms with Gasteiger partial charge in [-0.2, -0.15) is 0 Å². The summed E-state index contributed by atoms with van der Waals surface area (Å²) in [7, 11) is 1.90. The van der Waals surface area contributed by atoms with Gasteiger partial charge in [-0.25, -0.2) is 4.99 Å². The van der Waals surface area contributed by atoms with Gasteiger partial charge in [-0.1, -0.05) is 37.9 Å². The van der Waals surface area contributed by atoms with Gasteiger partial charge in [0.1, 0.15) is 6.67 Å². The molecule has 3 fully saturated rings. The summed E-state index contributed by atoms with van der Waals surface area (Å²) < 4.78 is 0. The van der Waals surface area contributed by atoms with E-state index in [-0.39, 0.29) is 22.6 Å². The van der Waals surface area contributed by atoms with Crippen molar-refractivity contribution in [3.05, 3.63) is 22.9 Å². The third-order valence-corrected chi connectivity index (χ3v) is 10.5. The van der Waals surface area contributed by atoms with Gasteiger partial charge in [0.2, 0.25) is 11.8 Å². The molecule has 2 saturated carbocycles. The van der Waals surface area contributed by atoms with Gasteiger partial charge in [-0.05, 0) is 80.6 Å². The molecule has 0 aromatic rings. The van der Waals surface area contributed by atoms with Gasteiger partial charge in [0.05, 0.1) is 0 Å². The highest BCUT2D eigenvalue weighted by Crippen LogP contribution is 2.66. The van der Waals surface area contributed by atoms with Gasteiger partial charge < -0.3 is 10.2 Å². The number of likely N-dealkylation sites (tertiary alicyclic amines) is 1. The van der Waals surface area contributed by atoms with Crippen LogP contribution >= 0.6 is 11.6 Å². The standard InChI is InChI=1S/C28H40ClN5O2.C3H4/c1-27-11-9-21-19(16-22(29)25-28(21,2)12-10-24(36)34(25)3)20(27)8-6-7-18(27)15-23(35)33-26-31-14-5-4-13-30-17-32-26;1-3-2/h4-5,13,18-21H,6-12,14-17H2,1-3H3,(H2,31,32,33,35);1H,2H3/b5-4-,30-13-;/t18?,19?,20?,21?,27-,28-;/m1./s1. The highest BCUT2D eigenvalue weighted by Gasteiger charge is 2.59.